The van der Waals surface area contributed by atoms with Crippen molar-refractivity contribution in [2.45, 2.75) is 39.2 Å². The van der Waals surface area contributed by atoms with Crippen molar-refractivity contribution in [2.24, 2.45) is 0 Å². The van der Waals surface area contributed by atoms with Crippen LogP contribution in [0.3, 0.4) is 0 Å². The molecule has 0 aliphatic rings. The summed E-state index contributed by atoms with van der Waals surface area (Å²) >= 11 is 0. The Labute approximate surface area is 122 Å². The number of amides is 1. The minimum Gasteiger partial charge on any atom is -0.448 e. The number of aliphatic hydroxyl groups is 1. The number of benzene rings is 1. The molecule has 2 aromatic rings. The van der Waals surface area contributed by atoms with Crippen molar-refractivity contribution in [2.75, 3.05) is 6.61 Å². The molecule has 0 atom stereocenters. The smallest absolute Gasteiger partial charge is 0.287 e. The van der Waals surface area contributed by atoms with Gasteiger partial charge in [-0.3, -0.25) is 4.79 Å². The first kappa shape index (κ1) is 15.5. The van der Waals surface area contributed by atoms with Crippen molar-refractivity contribution in [1.29, 1.82) is 0 Å². The van der Waals surface area contributed by atoms with E-state index in [-0.39, 0.29) is 18.0 Å². The number of carbonyl (C=O) groups excluding carboxylic acids is 1. The number of fused-ring (bicyclic) bond motifs is 1. The molecule has 1 amide bonds. The first-order valence-corrected chi connectivity index (χ1v) is 7.09. The molecule has 0 bridgehead atoms. The zero-order chi connectivity index (χ0) is 15.6. The van der Waals surface area contributed by atoms with Gasteiger partial charge < -0.3 is 14.8 Å². The van der Waals surface area contributed by atoms with E-state index in [0.717, 1.165) is 0 Å². The molecule has 0 fully saturated rings. The summed E-state index contributed by atoms with van der Waals surface area (Å²) in [5.41, 5.74) is 0.00454. The third-order valence-corrected chi connectivity index (χ3v) is 4.16. The molecule has 5 heteroatoms. The van der Waals surface area contributed by atoms with Crippen LogP contribution in [-0.4, -0.2) is 23.2 Å². The van der Waals surface area contributed by atoms with Gasteiger partial charge in [0.2, 0.25) is 0 Å². The molecule has 0 aliphatic heterocycles. The molecule has 0 spiro atoms. The van der Waals surface area contributed by atoms with Crippen LogP contribution in [0.15, 0.2) is 22.6 Å². The fourth-order valence-electron chi connectivity index (χ4n) is 2.41. The van der Waals surface area contributed by atoms with Gasteiger partial charge >= 0.3 is 0 Å². The SMILES string of the molecule is CCC(CC)(CO)NC(=O)c1oc2c(F)cccc2c1C. The second kappa shape index (κ2) is 5.85. The summed E-state index contributed by atoms with van der Waals surface area (Å²) in [7, 11) is 0. The van der Waals surface area contributed by atoms with E-state index in [0.29, 0.717) is 23.8 Å². The predicted molar refractivity (Wildman–Crippen MR) is 78.8 cm³/mol. The first-order valence-electron chi connectivity index (χ1n) is 7.09. The topological polar surface area (TPSA) is 62.5 Å². The van der Waals surface area contributed by atoms with Gasteiger partial charge in [0, 0.05) is 10.9 Å². The van der Waals surface area contributed by atoms with Crippen LogP contribution in [0.2, 0.25) is 0 Å². The maximum atomic E-state index is 13.7. The largest absolute Gasteiger partial charge is 0.448 e. The summed E-state index contributed by atoms with van der Waals surface area (Å²) < 4.78 is 19.1. The second-order valence-electron chi connectivity index (χ2n) is 5.27. The summed E-state index contributed by atoms with van der Waals surface area (Å²) in [6.07, 6.45) is 1.19. The number of hydrogen-bond donors (Lipinski definition) is 2. The van der Waals surface area contributed by atoms with Crippen molar-refractivity contribution in [1.82, 2.24) is 5.32 Å². The first-order chi connectivity index (χ1) is 9.98. The number of hydrogen-bond acceptors (Lipinski definition) is 3. The quantitative estimate of drug-likeness (QED) is 0.890. The molecular formula is C16H20FNO3. The van der Waals surface area contributed by atoms with E-state index in [2.05, 4.69) is 5.32 Å². The van der Waals surface area contributed by atoms with Gasteiger partial charge in [-0.1, -0.05) is 26.0 Å². The Bertz CT molecular complexity index is 651. The van der Waals surface area contributed by atoms with Crippen molar-refractivity contribution < 1.29 is 18.7 Å². The highest BCUT2D eigenvalue weighted by atomic mass is 19.1. The summed E-state index contributed by atoms with van der Waals surface area (Å²) in [4.78, 5) is 12.4. The van der Waals surface area contributed by atoms with Gasteiger partial charge in [-0.25, -0.2) is 4.39 Å². The molecule has 0 unspecified atom stereocenters. The second-order valence-corrected chi connectivity index (χ2v) is 5.27. The Hall–Kier alpha value is -1.88. The van der Waals surface area contributed by atoms with Crippen LogP contribution in [0.25, 0.3) is 11.0 Å². The van der Waals surface area contributed by atoms with Crippen molar-refractivity contribution in [3.05, 3.63) is 35.3 Å². The van der Waals surface area contributed by atoms with Gasteiger partial charge in [-0.05, 0) is 25.8 Å². The third kappa shape index (κ3) is 2.65. The summed E-state index contributed by atoms with van der Waals surface area (Å²) in [6.45, 7) is 5.36. The maximum absolute atomic E-state index is 13.7. The van der Waals surface area contributed by atoms with Gasteiger partial charge in [-0.2, -0.15) is 0 Å². The third-order valence-electron chi connectivity index (χ3n) is 4.16. The summed E-state index contributed by atoms with van der Waals surface area (Å²) in [5, 5.41) is 12.9. The van der Waals surface area contributed by atoms with Crippen LogP contribution in [0.1, 0.15) is 42.8 Å². The Morgan fingerprint density at radius 1 is 1.38 bits per heavy atom. The number of furan rings is 1. The fourth-order valence-corrected chi connectivity index (χ4v) is 2.41. The maximum Gasteiger partial charge on any atom is 0.287 e. The molecule has 1 aromatic carbocycles. The number of carbonyl (C=O) groups is 1. The zero-order valence-electron chi connectivity index (χ0n) is 12.5. The lowest BCUT2D eigenvalue weighted by atomic mass is 9.93. The van der Waals surface area contributed by atoms with Crippen LogP contribution in [0, 0.1) is 12.7 Å². The van der Waals surface area contributed by atoms with E-state index in [1.165, 1.54) is 6.07 Å². The van der Waals surface area contributed by atoms with E-state index < -0.39 is 17.3 Å². The predicted octanol–water partition coefficient (Wildman–Crippen LogP) is 3.16. The Balaban J connectivity index is 2.40. The Morgan fingerprint density at radius 3 is 2.57 bits per heavy atom. The fraction of sp³-hybridized carbons (Fsp3) is 0.438. The number of rotatable bonds is 5. The molecule has 0 saturated carbocycles. The van der Waals surface area contributed by atoms with Gasteiger partial charge in [0.15, 0.2) is 17.2 Å². The van der Waals surface area contributed by atoms with Gasteiger partial charge in [0.1, 0.15) is 0 Å². The van der Waals surface area contributed by atoms with E-state index in [1.54, 1.807) is 19.1 Å². The van der Waals surface area contributed by atoms with Crippen molar-refractivity contribution in [3.63, 3.8) is 0 Å². The lowest BCUT2D eigenvalue weighted by Crippen LogP contribution is -2.50. The molecule has 0 aliphatic carbocycles. The lowest BCUT2D eigenvalue weighted by molar-refractivity contribution is 0.0791. The van der Waals surface area contributed by atoms with E-state index >= 15 is 0 Å². The Kier molecular flexibility index (Phi) is 4.32. The number of aliphatic hydroxyl groups excluding tert-OH is 1. The average Bonchev–Trinajstić information content (AvgIpc) is 2.84. The van der Waals surface area contributed by atoms with Gasteiger partial charge in [-0.15, -0.1) is 0 Å². The molecular weight excluding hydrogens is 273 g/mol. The molecule has 4 nitrogen and oxygen atoms in total. The van der Waals surface area contributed by atoms with Gasteiger partial charge in [0.25, 0.3) is 5.91 Å². The molecule has 1 aromatic heterocycles. The number of nitrogens with one attached hydrogen (secondary N) is 1. The standard InChI is InChI=1S/C16H20FNO3/c1-4-16(5-2,9-19)18-15(20)13-10(3)11-7-6-8-12(17)14(11)21-13/h6-8,19H,4-5,9H2,1-3H3,(H,18,20). The molecule has 0 saturated heterocycles. The highest BCUT2D eigenvalue weighted by Gasteiger charge is 2.30. The van der Waals surface area contributed by atoms with E-state index in [4.69, 9.17) is 4.42 Å². The van der Waals surface area contributed by atoms with Crippen LogP contribution in [-0.2, 0) is 0 Å². The van der Waals surface area contributed by atoms with Crippen molar-refractivity contribution in [3.8, 4) is 0 Å². The normalized spacial score (nSPS) is 11.9. The van der Waals surface area contributed by atoms with Gasteiger partial charge in [0.05, 0.1) is 12.1 Å². The zero-order valence-corrected chi connectivity index (χ0v) is 12.5. The number of para-hydroxylation sites is 1. The van der Waals surface area contributed by atoms with E-state index in [1.807, 2.05) is 13.8 Å². The highest BCUT2D eigenvalue weighted by molar-refractivity contribution is 5.99. The van der Waals surface area contributed by atoms with Crippen LogP contribution in [0.5, 0.6) is 0 Å². The highest BCUT2D eigenvalue weighted by Crippen LogP contribution is 2.28. The van der Waals surface area contributed by atoms with Crippen molar-refractivity contribution >= 4 is 16.9 Å². The summed E-state index contributed by atoms with van der Waals surface area (Å²) in [5.74, 6) is -0.829. The van der Waals surface area contributed by atoms with Crippen LogP contribution >= 0.6 is 0 Å². The molecule has 21 heavy (non-hydrogen) atoms. The summed E-state index contributed by atoms with van der Waals surface area (Å²) in [6, 6.07) is 4.59. The monoisotopic (exact) mass is 293 g/mol. The molecule has 2 N–H and O–H groups in total. The van der Waals surface area contributed by atoms with Crippen LogP contribution < -0.4 is 5.32 Å². The number of halogens is 1. The van der Waals surface area contributed by atoms with E-state index in [9.17, 15) is 14.3 Å². The minimum atomic E-state index is -0.680. The minimum absolute atomic E-state index is 0.0859. The lowest BCUT2D eigenvalue weighted by Gasteiger charge is -2.30. The molecule has 0 radical (unpaired) electrons. The number of aryl methyl sites for hydroxylation is 1. The van der Waals surface area contributed by atoms with Crippen LogP contribution in [0.4, 0.5) is 4.39 Å². The average molecular weight is 293 g/mol. The molecule has 1 heterocycles. The molecule has 114 valence electrons. The molecule has 2 rings (SSSR count). The Morgan fingerprint density at radius 2 is 2.05 bits per heavy atom.